The third-order valence-electron chi connectivity index (χ3n) is 4.03. The van der Waals surface area contributed by atoms with Crippen LogP contribution in [0.1, 0.15) is 37.7 Å². The number of aromatic nitrogens is 2. The molecule has 134 valence electrons. The number of carbonyl (C=O) groups is 2. The van der Waals surface area contributed by atoms with Gasteiger partial charge in [0, 0.05) is 12.6 Å². The molecule has 0 saturated heterocycles. The van der Waals surface area contributed by atoms with Gasteiger partial charge in [-0.1, -0.05) is 17.7 Å². The van der Waals surface area contributed by atoms with Crippen LogP contribution < -0.4 is 10.6 Å². The van der Waals surface area contributed by atoms with Crippen molar-refractivity contribution in [2.24, 2.45) is 7.05 Å². The van der Waals surface area contributed by atoms with E-state index < -0.39 is 0 Å². The molecule has 0 unspecified atom stereocenters. The fourth-order valence-corrected chi connectivity index (χ4v) is 2.72. The first kappa shape index (κ1) is 17.5. The van der Waals surface area contributed by atoms with Crippen molar-refractivity contribution in [1.29, 1.82) is 0 Å². The molecule has 2 heterocycles. The molecule has 7 heteroatoms. The number of benzene rings is 1. The molecule has 0 atom stereocenters. The molecule has 0 aliphatic rings. The summed E-state index contributed by atoms with van der Waals surface area (Å²) in [5.74, 6) is 0.00861. The van der Waals surface area contributed by atoms with Gasteiger partial charge in [-0.15, -0.1) is 0 Å². The van der Waals surface area contributed by atoms with Crippen molar-refractivity contribution >= 4 is 17.5 Å². The number of nitrogens with one attached hydrogen (secondary N) is 2. The van der Waals surface area contributed by atoms with Crippen LogP contribution in [0.2, 0.25) is 0 Å². The van der Waals surface area contributed by atoms with E-state index in [-0.39, 0.29) is 24.1 Å². The molecular weight excluding hydrogens is 332 g/mol. The van der Waals surface area contributed by atoms with E-state index in [2.05, 4.69) is 15.7 Å². The summed E-state index contributed by atoms with van der Waals surface area (Å²) in [5.41, 5.74) is 3.14. The Morgan fingerprint density at radius 3 is 2.69 bits per heavy atom. The molecule has 1 aromatic carbocycles. The van der Waals surface area contributed by atoms with Gasteiger partial charge in [-0.05, 0) is 37.6 Å². The van der Waals surface area contributed by atoms with Crippen LogP contribution in [0.3, 0.4) is 0 Å². The van der Waals surface area contributed by atoms with Gasteiger partial charge in [-0.3, -0.25) is 14.3 Å². The number of carbonyl (C=O) groups excluding carboxylic acids is 2. The van der Waals surface area contributed by atoms with Gasteiger partial charge in [0.1, 0.15) is 11.5 Å². The monoisotopic (exact) mass is 352 g/mol. The zero-order valence-corrected chi connectivity index (χ0v) is 14.9. The van der Waals surface area contributed by atoms with Crippen LogP contribution in [0, 0.1) is 13.8 Å². The summed E-state index contributed by atoms with van der Waals surface area (Å²) in [7, 11) is 1.65. The number of anilines is 1. The lowest BCUT2D eigenvalue weighted by atomic mass is 10.1. The average Bonchev–Trinajstić information content (AvgIpc) is 3.22. The van der Waals surface area contributed by atoms with Crippen molar-refractivity contribution in [2.45, 2.75) is 20.4 Å². The summed E-state index contributed by atoms with van der Waals surface area (Å²) in [6.45, 7) is 4.10. The summed E-state index contributed by atoms with van der Waals surface area (Å²) in [5, 5.41) is 9.61. The zero-order chi connectivity index (χ0) is 18.7. The van der Waals surface area contributed by atoms with Gasteiger partial charge in [0.25, 0.3) is 11.8 Å². The molecule has 0 radical (unpaired) electrons. The Morgan fingerprint density at radius 2 is 2.00 bits per heavy atom. The van der Waals surface area contributed by atoms with Crippen LogP contribution in [-0.4, -0.2) is 21.6 Å². The Morgan fingerprint density at radius 1 is 1.19 bits per heavy atom. The number of aryl methyl sites for hydroxylation is 3. The molecular formula is C19H20N4O3. The van der Waals surface area contributed by atoms with Crippen molar-refractivity contribution in [3.63, 3.8) is 0 Å². The standard InChI is InChI=1S/C19H20N4O3/c1-12-6-7-15(13(2)9-12)18(24)22-16-11-21-23(3)17(16)19(25)20-10-14-5-4-8-26-14/h4-9,11H,10H2,1-3H3,(H,20,25)(H,22,24). The topological polar surface area (TPSA) is 89.2 Å². The molecule has 0 fully saturated rings. The maximum atomic E-state index is 12.6. The van der Waals surface area contributed by atoms with Gasteiger partial charge in [-0.25, -0.2) is 0 Å². The maximum absolute atomic E-state index is 12.6. The highest BCUT2D eigenvalue weighted by atomic mass is 16.3. The van der Waals surface area contributed by atoms with Crippen molar-refractivity contribution in [1.82, 2.24) is 15.1 Å². The minimum Gasteiger partial charge on any atom is -0.467 e. The molecule has 0 bridgehead atoms. The van der Waals surface area contributed by atoms with E-state index >= 15 is 0 Å². The van der Waals surface area contributed by atoms with Gasteiger partial charge < -0.3 is 15.1 Å². The average molecular weight is 352 g/mol. The molecule has 2 N–H and O–H groups in total. The Balaban J connectivity index is 1.76. The summed E-state index contributed by atoms with van der Waals surface area (Å²) < 4.78 is 6.63. The van der Waals surface area contributed by atoms with E-state index in [0.29, 0.717) is 17.0 Å². The second-order valence-corrected chi connectivity index (χ2v) is 6.06. The summed E-state index contributed by atoms with van der Waals surface area (Å²) in [6.07, 6.45) is 3.00. The lowest BCUT2D eigenvalue weighted by Crippen LogP contribution is -2.26. The molecule has 0 spiro atoms. The fraction of sp³-hybridized carbons (Fsp3) is 0.211. The first-order valence-corrected chi connectivity index (χ1v) is 8.17. The summed E-state index contributed by atoms with van der Waals surface area (Å²) >= 11 is 0. The third kappa shape index (κ3) is 3.66. The van der Waals surface area contributed by atoms with Crippen LogP contribution in [0.25, 0.3) is 0 Å². The van der Waals surface area contributed by atoms with Crippen LogP contribution in [-0.2, 0) is 13.6 Å². The van der Waals surface area contributed by atoms with E-state index in [9.17, 15) is 9.59 Å². The third-order valence-corrected chi connectivity index (χ3v) is 4.03. The predicted octanol–water partition coefficient (Wildman–Crippen LogP) is 2.81. The maximum Gasteiger partial charge on any atom is 0.272 e. The van der Waals surface area contributed by atoms with Crippen molar-refractivity contribution in [3.8, 4) is 0 Å². The van der Waals surface area contributed by atoms with Gasteiger partial charge >= 0.3 is 0 Å². The molecule has 0 aliphatic carbocycles. The largest absolute Gasteiger partial charge is 0.467 e. The number of rotatable bonds is 5. The van der Waals surface area contributed by atoms with Crippen LogP contribution >= 0.6 is 0 Å². The predicted molar refractivity (Wildman–Crippen MR) is 97.0 cm³/mol. The number of hydrogen-bond acceptors (Lipinski definition) is 4. The van der Waals surface area contributed by atoms with Gasteiger partial charge in [0.2, 0.25) is 0 Å². The van der Waals surface area contributed by atoms with Crippen molar-refractivity contribution in [3.05, 3.63) is 70.9 Å². The highest BCUT2D eigenvalue weighted by molar-refractivity contribution is 6.09. The number of hydrogen-bond donors (Lipinski definition) is 2. The van der Waals surface area contributed by atoms with E-state index in [1.807, 2.05) is 26.0 Å². The molecule has 7 nitrogen and oxygen atoms in total. The van der Waals surface area contributed by atoms with Gasteiger partial charge in [0.15, 0.2) is 0 Å². The van der Waals surface area contributed by atoms with Crippen LogP contribution in [0.4, 0.5) is 5.69 Å². The van der Waals surface area contributed by atoms with Gasteiger partial charge in [0.05, 0.1) is 24.7 Å². The minimum atomic E-state index is -0.350. The Hall–Kier alpha value is -3.35. The molecule has 0 saturated carbocycles. The molecule has 3 aromatic rings. The first-order valence-electron chi connectivity index (χ1n) is 8.17. The molecule has 2 aromatic heterocycles. The zero-order valence-electron chi connectivity index (χ0n) is 14.9. The minimum absolute atomic E-state index is 0.251. The highest BCUT2D eigenvalue weighted by Gasteiger charge is 2.20. The Kier molecular flexibility index (Phi) is 4.88. The van der Waals surface area contributed by atoms with Crippen LogP contribution in [0.15, 0.2) is 47.2 Å². The Bertz CT molecular complexity index is 942. The Labute approximate surface area is 151 Å². The number of furan rings is 1. The smallest absolute Gasteiger partial charge is 0.272 e. The lowest BCUT2D eigenvalue weighted by Gasteiger charge is -2.10. The molecule has 3 rings (SSSR count). The number of amides is 2. The van der Waals surface area contributed by atoms with E-state index in [4.69, 9.17) is 4.42 Å². The van der Waals surface area contributed by atoms with Crippen molar-refractivity contribution < 1.29 is 14.0 Å². The second-order valence-electron chi connectivity index (χ2n) is 6.06. The SMILES string of the molecule is Cc1ccc(C(=O)Nc2cnn(C)c2C(=O)NCc2ccco2)c(C)c1. The number of nitrogens with zero attached hydrogens (tertiary/aromatic N) is 2. The molecule has 0 aliphatic heterocycles. The van der Waals surface area contributed by atoms with Crippen LogP contribution in [0.5, 0.6) is 0 Å². The molecule has 26 heavy (non-hydrogen) atoms. The normalized spacial score (nSPS) is 10.6. The summed E-state index contributed by atoms with van der Waals surface area (Å²) in [4.78, 5) is 25.1. The van der Waals surface area contributed by atoms with E-state index in [0.717, 1.165) is 11.1 Å². The first-order chi connectivity index (χ1) is 12.5. The highest BCUT2D eigenvalue weighted by Crippen LogP contribution is 2.18. The quantitative estimate of drug-likeness (QED) is 0.739. The van der Waals surface area contributed by atoms with E-state index in [1.165, 1.54) is 10.9 Å². The van der Waals surface area contributed by atoms with E-state index in [1.54, 1.807) is 31.5 Å². The second kappa shape index (κ2) is 7.26. The summed E-state index contributed by atoms with van der Waals surface area (Å²) in [6, 6.07) is 9.11. The van der Waals surface area contributed by atoms with Crippen molar-refractivity contribution in [2.75, 3.05) is 5.32 Å². The van der Waals surface area contributed by atoms with Gasteiger partial charge in [-0.2, -0.15) is 5.10 Å². The lowest BCUT2D eigenvalue weighted by molar-refractivity contribution is 0.0939. The fourth-order valence-electron chi connectivity index (χ4n) is 2.72. The molecule has 2 amide bonds.